The van der Waals surface area contributed by atoms with Crippen molar-refractivity contribution in [2.45, 2.75) is 52.0 Å². The molecule has 1 aromatic heterocycles. The summed E-state index contributed by atoms with van der Waals surface area (Å²) in [5, 5.41) is 8.13. The average molecular weight is 399 g/mol. The minimum atomic E-state index is 0.135. The van der Waals surface area contributed by atoms with E-state index in [0.717, 1.165) is 35.8 Å². The van der Waals surface area contributed by atoms with Gasteiger partial charge in [-0.2, -0.15) is 5.10 Å². The van der Waals surface area contributed by atoms with Gasteiger partial charge in [0, 0.05) is 33.0 Å². The van der Waals surface area contributed by atoms with Crippen LogP contribution >= 0.6 is 0 Å². The van der Waals surface area contributed by atoms with Crippen LogP contribution < -0.4 is 10.1 Å². The Morgan fingerprint density at radius 2 is 2.17 bits per heavy atom. The van der Waals surface area contributed by atoms with Gasteiger partial charge in [0.15, 0.2) is 0 Å². The summed E-state index contributed by atoms with van der Waals surface area (Å²) >= 11 is 0. The summed E-state index contributed by atoms with van der Waals surface area (Å²) in [4.78, 5) is 14.3. The fraction of sp³-hybridized carbons (Fsp3) is 0.565. The Labute approximate surface area is 174 Å². The van der Waals surface area contributed by atoms with Crippen molar-refractivity contribution in [2.24, 2.45) is 7.05 Å². The molecule has 1 fully saturated rings. The van der Waals surface area contributed by atoms with Gasteiger partial charge in [-0.1, -0.05) is 17.7 Å². The molecule has 0 aliphatic carbocycles. The molecule has 0 radical (unpaired) electrons. The number of carbonyl (C=O) groups excluding carboxylic acids is 1. The van der Waals surface area contributed by atoms with Crippen LogP contribution in [-0.2, 0) is 18.4 Å². The SMILES string of the molecule is Cc1ccc(OCCCC(=O)N(C)Cc2cc([C@H]3CCCNC3)nn2C)c(C)c1. The maximum absolute atomic E-state index is 12.5. The van der Waals surface area contributed by atoms with Crippen LogP contribution in [0.25, 0.3) is 0 Å². The molecule has 0 spiro atoms. The van der Waals surface area contributed by atoms with Crippen LogP contribution in [0.5, 0.6) is 5.75 Å². The lowest BCUT2D eigenvalue weighted by Gasteiger charge is -2.20. The zero-order chi connectivity index (χ0) is 20.8. The van der Waals surface area contributed by atoms with Gasteiger partial charge in [-0.3, -0.25) is 9.48 Å². The summed E-state index contributed by atoms with van der Waals surface area (Å²) in [6.45, 7) is 7.34. The molecule has 29 heavy (non-hydrogen) atoms. The predicted molar refractivity (Wildman–Crippen MR) is 115 cm³/mol. The highest BCUT2D eigenvalue weighted by Gasteiger charge is 2.20. The normalized spacial score (nSPS) is 16.6. The third-order valence-electron chi connectivity index (χ3n) is 5.66. The molecule has 0 unspecified atom stereocenters. The van der Waals surface area contributed by atoms with Crippen molar-refractivity contribution in [3.05, 3.63) is 46.8 Å². The molecule has 1 aromatic carbocycles. The van der Waals surface area contributed by atoms with Gasteiger partial charge in [0.1, 0.15) is 5.75 Å². The molecule has 2 aromatic rings. The second-order valence-corrected chi connectivity index (χ2v) is 8.20. The maximum atomic E-state index is 12.5. The van der Waals surface area contributed by atoms with Crippen LogP contribution in [-0.4, -0.2) is 47.3 Å². The summed E-state index contributed by atoms with van der Waals surface area (Å²) < 4.78 is 7.75. The molecule has 1 N–H and O–H groups in total. The van der Waals surface area contributed by atoms with Crippen molar-refractivity contribution in [2.75, 3.05) is 26.7 Å². The largest absolute Gasteiger partial charge is 0.493 e. The molecule has 6 heteroatoms. The van der Waals surface area contributed by atoms with Gasteiger partial charge in [-0.15, -0.1) is 0 Å². The van der Waals surface area contributed by atoms with E-state index in [1.807, 2.05) is 37.8 Å². The van der Waals surface area contributed by atoms with Crippen LogP contribution in [0.3, 0.4) is 0 Å². The molecule has 6 nitrogen and oxygen atoms in total. The zero-order valence-corrected chi connectivity index (χ0v) is 18.2. The Morgan fingerprint density at radius 3 is 2.90 bits per heavy atom. The van der Waals surface area contributed by atoms with Gasteiger partial charge in [-0.25, -0.2) is 0 Å². The quantitative estimate of drug-likeness (QED) is 0.693. The highest BCUT2D eigenvalue weighted by Crippen LogP contribution is 2.23. The van der Waals surface area contributed by atoms with E-state index in [4.69, 9.17) is 4.74 Å². The number of nitrogens with zero attached hydrogens (tertiary/aromatic N) is 3. The smallest absolute Gasteiger partial charge is 0.222 e. The monoisotopic (exact) mass is 398 g/mol. The third-order valence-corrected chi connectivity index (χ3v) is 5.66. The minimum absolute atomic E-state index is 0.135. The Balaban J connectivity index is 1.45. The van der Waals surface area contributed by atoms with Gasteiger partial charge in [-0.05, 0) is 57.4 Å². The number of hydrogen-bond acceptors (Lipinski definition) is 4. The lowest BCUT2D eigenvalue weighted by Crippen LogP contribution is -2.28. The summed E-state index contributed by atoms with van der Waals surface area (Å²) in [6, 6.07) is 8.32. The predicted octanol–water partition coefficient (Wildman–Crippen LogP) is 3.32. The van der Waals surface area contributed by atoms with E-state index in [0.29, 0.717) is 31.9 Å². The number of hydrogen-bond donors (Lipinski definition) is 1. The molecule has 1 saturated heterocycles. The number of aromatic nitrogens is 2. The van der Waals surface area contributed by atoms with Gasteiger partial charge in [0.25, 0.3) is 0 Å². The molecule has 3 rings (SSSR count). The lowest BCUT2D eigenvalue weighted by molar-refractivity contribution is -0.130. The molecule has 1 atom stereocenters. The van der Waals surface area contributed by atoms with Crippen molar-refractivity contribution in [1.29, 1.82) is 0 Å². The first-order valence-corrected chi connectivity index (χ1v) is 10.6. The number of ether oxygens (including phenoxy) is 1. The van der Waals surface area contributed by atoms with Gasteiger partial charge in [0.05, 0.1) is 24.5 Å². The number of piperidine rings is 1. The van der Waals surface area contributed by atoms with Crippen LogP contribution in [0, 0.1) is 13.8 Å². The Kier molecular flexibility index (Phi) is 7.31. The highest BCUT2D eigenvalue weighted by molar-refractivity contribution is 5.75. The van der Waals surface area contributed by atoms with Crippen molar-refractivity contribution >= 4 is 5.91 Å². The molecule has 1 aliphatic heterocycles. The van der Waals surface area contributed by atoms with E-state index in [2.05, 4.69) is 29.5 Å². The van der Waals surface area contributed by atoms with Crippen molar-refractivity contribution in [1.82, 2.24) is 20.0 Å². The minimum Gasteiger partial charge on any atom is -0.493 e. The number of carbonyl (C=O) groups is 1. The zero-order valence-electron chi connectivity index (χ0n) is 18.2. The van der Waals surface area contributed by atoms with Crippen LogP contribution in [0.4, 0.5) is 0 Å². The average Bonchev–Trinajstić information content (AvgIpc) is 3.07. The molecule has 2 heterocycles. The molecule has 1 aliphatic rings. The van der Waals surface area contributed by atoms with Crippen LogP contribution in [0.2, 0.25) is 0 Å². The second kappa shape index (κ2) is 9.92. The summed E-state index contributed by atoms with van der Waals surface area (Å²) in [5.41, 5.74) is 4.57. The number of nitrogens with one attached hydrogen (secondary N) is 1. The standard InChI is InChI=1S/C23H34N4O2/c1-17-9-10-22(18(2)13-17)29-12-6-8-23(28)26(3)16-20-14-21(25-27(20)4)19-7-5-11-24-15-19/h9-10,13-14,19,24H,5-8,11-12,15-16H2,1-4H3/t19-/m0/s1. The van der Waals surface area contributed by atoms with E-state index in [1.165, 1.54) is 18.4 Å². The summed E-state index contributed by atoms with van der Waals surface area (Å²) in [6.07, 6.45) is 3.57. The van der Waals surface area contributed by atoms with E-state index in [-0.39, 0.29) is 5.91 Å². The highest BCUT2D eigenvalue weighted by atomic mass is 16.5. The molecular weight excluding hydrogens is 364 g/mol. The molecule has 1 amide bonds. The second-order valence-electron chi connectivity index (χ2n) is 8.20. The molecule has 0 saturated carbocycles. The Morgan fingerprint density at radius 1 is 1.34 bits per heavy atom. The van der Waals surface area contributed by atoms with Crippen LogP contribution in [0.1, 0.15) is 54.1 Å². The van der Waals surface area contributed by atoms with Crippen LogP contribution in [0.15, 0.2) is 24.3 Å². The summed E-state index contributed by atoms with van der Waals surface area (Å²) in [7, 11) is 3.83. The molecule has 0 bridgehead atoms. The third kappa shape index (κ3) is 5.82. The first kappa shape index (κ1) is 21.4. The fourth-order valence-corrected chi connectivity index (χ4v) is 3.87. The van der Waals surface area contributed by atoms with Crippen molar-refractivity contribution in [3.8, 4) is 5.75 Å². The maximum Gasteiger partial charge on any atom is 0.222 e. The Hall–Kier alpha value is -2.34. The van der Waals surface area contributed by atoms with Crippen molar-refractivity contribution < 1.29 is 9.53 Å². The number of rotatable bonds is 8. The summed E-state index contributed by atoms with van der Waals surface area (Å²) in [5.74, 6) is 1.51. The van der Waals surface area contributed by atoms with E-state index < -0.39 is 0 Å². The van der Waals surface area contributed by atoms with E-state index in [1.54, 1.807) is 4.90 Å². The Bertz CT molecular complexity index is 824. The first-order valence-electron chi connectivity index (χ1n) is 10.6. The lowest BCUT2D eigenvalue weighted by atomic mass is 9.96. The van der Waals surface area contributed by atoms with E-state index in [9.17, 15) is 4.79 Å². The van der Waals surface area contributed by atoms with Gasteiger partial charge < -0.3 is 15.0 Å². The number of benzene rings is 1. The van der Waals surface area contributed by atoms with Gasteiger partial charge in [0.2, 0.25) is 5.91 Å². The van der Waals surface area contributed by atoms with Crippen molar-refractivity contribution in [3.63, 3.8) is 0 Å². The fourth-order valence-electron chi connectivity index (χ4n) is 3.87. The number of amides is 1. The van der Waals surface area contributed by atoms with E-state index >= 15 is 0 Å². The number of aryl methyl sites for hydroxylation is 3. The first-order chi connectivity index (χ1) is 13.9. The van der Waals surface area contributed by atoms with Gasteiger partial charge >= 0.3 is 0 Å². The topological polar surface area (TPSA) is 59.4 Å². The molecular formula is C23H34N4O2. The molecule has 158 valence electrons.